The van der Waals surface area contributed by atoms with Crippen LogP contribution in [0.25, 0.3) is 0 Å². The van der Waals surface area contributed by atoms with Crippen LogP contribution in [0.15, 0.2) is 22.6 Å². The van der Waals surface area contributed by atoms with E-state index in [0.717, 1.165) is 0 Å². The molecule has 1 saturated heterocycles. The number of hydrogen-bond acceptors (Lipinski definition) is 8. The van der Waals surface area contributed by atoms with Gasteiger partial charge in [0, 0.05) is 29.3 Å². The second kappa shape index (κ2) is 9.68. The Bertz CT molecular complexity index is 1070. The lowest BCUT2D eigenvalue weighted by molar-refractivity contribution is -0.352. The molecule has 0 unspecified atom stereocenters. The van der Waals surface area contributed by atoms with Crippen molar-refractivity contribution in [3.8, 4) is 5.75 Å². The van der Waals surface area contributed by atoms with Gasteiger partial charge in [0.25, 0.3) is 0 Å². The topological polar surface area (TPSA) is 104 Å². The van der Waals surface area contributed by atoms with Crippen LogP contribution in [0.5, 0.6) is 5.75 Å². The van der Waals surface area contributed by atoms with Gasteiger partial charge in [-0.05, 0) is 49.8 Å². The zero-order valence-corrected chi connectivity index (χ0v) is 19.3. The highest BCUT2D eigenvalue weighted by Gasteiger charge is 2.43. The average Bonchev–Trinajstić information content (AvgIpc) is 3.26. The summed E-state index contributed by atoms with van der Waals surface area (Å²) in [5, 5.41) is 18.9. The van der Waals surface area contributed by atoms with Crippen LogP contribution in [-0.2, 0) is 14.3 Å². The minimum absolute atomic E-state index is 0.0135. The van der Waals surface area contributed by atoms with Crippen LogP contribution in [0.2, 0.25) is 5.02 Å². The lowest BCUT2D eigenvalue weighted by atomic mass is 9.82. The molecule has 0 spiro atoms. The standard InChI is InChI=1S/C23H24ClF3N2O6/c24-13-2-4-18-15(8-13)16(30)9-20(33-18)17(31)5-11-1-3-19(32-10-11)22-29-28-21(34-22)12-6-14(7-12)35-23(25,26)27/h2,4,8,11-12,14,16,19-20,30H,1,3,5-7,9-10H2/t11-,12?,14?,16+,19-,20+/m0/s1. The van der Waals surface area contributed by atoms with E-state index in [1.807, 2.05) is 0 Å². The van der Waals surface area contributed by atoms with E-state index in [2.05, 4.69) is 14.9 Å². The molecule has 2 aromatic rings. The summed E-state index contributed by atoms with van der Waals surface area (Å²) in [6.07, 6.45) is -5.48. The molecule has 35 heavy (non-hydrogen) atoms. The van der Waals surface area contributed by atoms with Crippen molar-refractivity contribution in [1.82, 2.24) is 10.2 Å². The minimum Gasteiger partial charge on any atom is -0.482 e. The van der Waals surface area contributed by atoms with E-state index in [4.69, 9.17) is 25.5 Å². The summed E-state index contributed by atoms with van der Waals surface area (Å²) < 4.78 is 58.2. The summed E-state index contributed by atoms with van der Waals surface area (Å²) in [7, 11) is 0. The lowest BCUT2D eigenvalue weighted by Crippen LogP contribution is -2.35. The predicted octanol–water partition coefficient (Wildman–Crippen LogP) is 4.82. The third kappa shape index (κ3) is 5.63. The fraction of sp³-hybridized carbons (Fsp3) is 0.609. The molecule has 3 heterocycles. The molecule has 3 aliphatic rings. The van der Waals surface area contributed by atoms with Gasteiger partial charge in [-0.15, -0.1) is 23.4 Å². The number of Topliss-reactive ketones (excluding diaryl/α,β-unsaturated/α-hetero) is 1. The summed E-state index contributed by atoms with van der Waals surface area (Å²) in [6.45, 7) is 0.320. The number of benzene rings is 1. The Kier molecular flexibility index (Phi) is 6.77. The summed E-state index contributed by atoms with van der Waals surface area (Å²) in [4.78, 5) is 12.8. The first-order valence-corrected chi connectivity index (χ1v) is 11.9. The Labute approximate surface area is 203 Å². The molecule has 12 heteroatoms. The zero-order chi connectivity index (χ0) is 24.7. The summed E-state index contributed by atoms with van der Waals surface area (Å²) in [6, 6.07) is 4.94. The molecule has 0 bridgehead atoms. The van der Waals surface area contributed by atoms with Crippen LogP contribution >= 0.6 is 11.6 Å². The van der Waals surface area contributed by atoms with Gasteiger partial charge in [0.05, 0.1) is 18.8 Å². The van der Waals surface area contributed by atoms with Crippen molar-refractivity contribution in [3.05, 3.63) is 40.6 Å². The molecule has 190 valence electrons. The van der Waals surface area contributed by atoms with Crippen LogP contribution < -0.4 is 4.74 Å². The van der Waals surface area contributed by atoms with Gasteiger partial charge in [-0.25, -0.2) is 0 Å². The molecule has 1 aromatic carbocycles. The number of halogens is 4. The Morgan fingerprint density at radius 1 is 1.17 bits per heavy atom. The SMILES string of the molecule is O=C(C[C@@H]1CC[C@@H](c2nnc(C3CC(OC(F)(F)F)C3)o2)OC1)[C@H]1C[C@@H](O)c2cc(Cl)ccc2O1. The molecule has 4 atom stereocenters. The van der Waals surface area contributed by atoms with Crippen LogP contribution in [-0.4, -0.2) is 46.3 Å². The highest BCUT2D eigenvalue weighted by molar-refractivity contribution is 6.30. The summed E-state index contributed by atoms with van der Waals surface area (Å²) in [5.41, 5.74) is 0.578. The van der Waals surface area contributed by atoms with Crippen molar-refractivity contribution in [2.45, 2.75) is 75.2 Å². The monoisotopic (exact) mass is 516 g/mol. The van der Waals surface area contributed by atoms with Gasteiger partial charge in [-0.2, -0.15) is 0 Å². The average molecular weight is 517 g/mol. The number of rotatable bonds is 6. The maximum Gasteiger partial charge on any atom is 0.522 e. The van der Waals surface area contributed by atoms with Crippen LogP contribution in [0.4, 0.5) is 13.2 Å². The molecular weight excluding hydrogens is 493 g/mol. The molecule has 0 amide bonds. The van der Waals surface area contributed by atoms with Crippen LogP contribution in [0, 0.1) is 5.92 Å². The number of aliphatic hydroxyl groups excluding tert-OH is 1. The number of aromatic nitrogens is 2. The van der Waals surface area contributed by atoms with E-state index in [1.165, 1.54) is 0 Å². The maximum absolute atomic E-state index is 12.8. The highest BCUT2D eigenvalue weighted by Crippen LogP contribution is 2.42. The zero-order valence-electron chi connectivity index (χ0n) is 18.5. The highest BCUT2D eigenvalue weighted by atomic mass is 35.5. The molecule has 1 aromatic heterocycles. The van der Waals surface area contributed by atoms with Crippen molar-refractivity contribution >= 4 is 17.4 Å². The normalized spacial score (nSPS) is 30.8. The van der Waals surface area contributed by atoms with Gasteiger partial charge in [0.15, 0.2) is 11.9 Å². The third-order valence-electron chi connectivity index (χ3n) is 6.73. The number of nitrogens with zero attached hydrogens (tertiary/aromatic N) is 2. The fourth-order valence-corrected chi connectivity index (χ4v) is 4.97. The number of fused-ring (bicyclic) bond motifs is 1. The molecular formula is C23H24ClF3N2O6. The smallest absolute Gasteiger partial charge is 0.482 e. The van der Waals surface area contributed by atoms with Crippen molar-refractivity contribution < 1.29 is 41.7 Å². The van der Waals surface area contributed by atoms with Gasteiger partial charge in [0.2, 0.25) is 11.8 Å². The second-order valence-corrected chi connectivity index (χ2v) is 9.74. The fourth-order valence-electron chi connectivity index (χ4n) is 4.79. The van der Waals surface area contributed by atoms with Crippen molar-refractivity contribution in [1.29, 1.82) is 0 Å². The van der Waals surface area contributed by atoms with Gasteiger partial charge in [-0.3, -0.25) is 9.53 Å². The maximum atomic E-state index is 12.8. The van der Waals surface area contributed by atoms with E-state index in [-0.39, 0.29) is 49.2 Å². The van der Waals surface area contributed by atoms with E-state index < -0.39 is 30.8 Å². The molecule has 8 nitrogen and oxygen atoms in total. The Balaban J connectivity index is 1.09. The lowest BCUT2D eigenvalue weighted by Gasteiger charge is -2.33. The molecule has 0 radical (unpaired) electrons. The van der Waals surface area contributed by atoms with Crippen molar-refractivity contribution in [3.63, 3.8) is 0 Å². The molecule has 2 fully saturated rings. The van der Waals surface area contributed by atoms with E-state index in [1.54, 1.807) is 18.2 Å². The number of carbonyl (C=O) groups is 1. The number of hydrogen-bond donors (Lipinski definition) is 1. The first kappa shape index (κ1) is 24.5. The van der Waals surface area contributed by atoms with E-state index >= 15 is 0 Å². The number of alkyl halides is 3. The summed E-state index contributed by atoms with van der Waals surface area (Å²) in [5.74, 6) is 0.667. The molecule has 5 rings (SSSR count). The molecule has 1 aliphatic carbocycles. The summed E-state index contributed by atoms with van der Waals surface area (Å²) >= 11 is 5.97. The quantitative estimate of drug-likeness (QED) is 0.583. The van der Waals surface area contributed by atoms with Gasteiger partial charge in [-0.1, -0.05) is 11.6 Å². The predicted molar refractivity (Wildman–Crippen MR) is 114 cm³/mol. The first-order chi connectivity index (χ1) is 16.6. The van der Waals surface area contributed by atoms with Gasteiger partial charge < -0.3 is 19.0 Å². The van der Waals surface area contributed by atoms with E-state index in [9.17, 15) is 23.1 Å². The first-order valence-electron chi connectivity index (χ1n) is 11.5. The molecule has 1 saturated carbocycles. The largest absolute Gasteiger partial charge is 0.522 e. The Morgan fingerprint density at radius 3 is 2.66 bits per heavy atom. The van der Waals surface area contributed by atoms with Gasteiger partial charge >= 0.3 is 6.36 Å². The number of carbonyl (C=O) groups excluding carboxylic acids is 1. The number of ketones is 1. The third-order valence-corrected chi connectivity index (χ3v) is 6.97. The molecule has 1 N–H and O–H groups in total. The second-order valence-electron chi connectivity index (χ2n) is 9.31. The molecule has 2 aliphatic heterocycles. The minimum atomic E-state index is -4.65. The Morgan fingerprint density at radius 2 is 1.94 bits per heavy atom. The van der Waals surface area contributed by atoms with Crippen LogP contribution in [0.1, 0.15) is 74.0 Å². The van der Waals surface area contributed by atoms with Crippen LogP contribution in [0.3, 0.4) is 0 Å². The van der Waals surface area contributed by atoms with E-state index in [0.29, 0.717) is 41.7 Å². The Hall–Kier alpha value is -2.21. The van der Waals surface area contributed by atoms with Gasteiger partial charge in [0.1, 0.15) is 11.9 Å². The van der Waals surface area contributed by atoms with Crippen molar-refractivity contribution in [2.24, 2.45) is 5.92 Å². The number of ether oxygens (including phenoxy) is 3. The van der Waals surface area contributed by atoms with Crippen molar-refractivity contribution in [2.75, 3.05) is 6.61 Å². The number of aliphatic hydroxyl groups is 1.